The molecule has 1 aromatic carbocycles. The maximum absolute atomic E-state index is 12.1. The first-order valence-electron chi connectivity index (χ1n) is 6.80. The Balaban J connectivity index is 2.00. The molecule has 0 aromatic heterocycles. The highest BCUT2D eigenvalue weighted by molar-refractivity contribution is 5.93. The van der Waals surface area contributed by atoms with Gasteiger partial charge in [0.1, 0.15) is 6.54 Å². The van der Waals surface area contributed by atoms with Gasteiger partial charge in [0.2, 0.25) is 5.91 Å². The smallest absolute Gasteiger partial charge is 0.323 e. The first-order valence-corrected chi connectivity index (χ1v) is 6.80. The topological polar surface area (TPSA) is 57.6 Å². The highest BCUT2D eigenvalue weighted by atomic mass is 16.4. The second kappa shape index (κ2) is 6.37. The summed E-state index contributed by atoms with van der Waals surface area (Å²) in [5, 5.41) is 8.87. The van der Waals surface area contributed by atoms with Crippen LogP contribution in [0.2, 0.25) is 0 Å². The monoisotopic (exact) mass is 273 g/mol. The van der Waals surface area contributed by atoms with E-state index < -0.39 is 5.97 Å². The Kier molecular flexibility index (Phi) is 4.56. The second-order valence-corrected chi connectivity index (χ2v) is 5.30. The van der Waals surface area contributed by atoms with E-state index in [1.807, 2.05) is 31.2 Å². The minimum absolute atomic E-state index is 0.229. The third-order valence-corrected chi connectivity index (χ3v) is 3.27. The molecular formula is C16H19NO3. The van der Waals surface area contributed by atoms with Gasteiger partial charge in [0, 0.05) is 12.6 Å². The third-order valence-electron chi connectivity index (χ3n) is 3.27. The van der Waals surface area contributed by atoms with Crippen LogP contribution in [0.5, 0.6) is 0 Å². The number of nitrogens with zero attached hydrogens (tertiary/aromatic N) is 1. The minimum atomic E-state index is -0.969. The maximum atomic E-state index is 12.1. The van der Waals surface area contributed by atoms with Gasteiger partial charge in [-0.15, -0.1) is 0 Å². The van der Waals surface area contributed by atoms with E-state index in [2.05, 4.69) is 0 Å². The summed E-state index contributed by atoms with van der Waals surface area (Å²) in [4.78, 5) is 24.3. The van der Waals surface area contributed by atoms with Crippen LogP contribution in [0.25, 0.3) is 6.08 Å². The summed E-state index contributed by atoms with van der Waals surface area (Å²) < 4.78 is 0. The molecule has 106 valence electrons. The molecule has 1 fully saturated rings. The second-order valence-electron chi connectivity index (χ2n) is 5.30. The molecule has 0 aliphatic heterocycles. The fraction of sp³-hybridized carbons (Fsp3) is 0.375. The number of amides is 1. The largest absolute Gasteiger partial charge is 0.480 e. The number of carboxylic acids is 1. The third kappa shape index (κ3) is 4.53. The lowest BCUT2D eigenvalue weighted by Gasteiger charge is -2.18. The summed E-state index contributed by atoms with van der Waals surface area (Å²) in [5.74, 6) is -0.727. The molecule has 1 aliphatic rings. The molecule has 4 heteroatoms. The van der Waals surface area contributed by atoms with Gasteiger partial charge in [-0.25, -0.2) is 0 Å². The van der Waals surface area contributed by atoms with Gasteiger partial charge in [-0.05, 0) is 37.3 Å². The Morgan fingerprint density at radius 2 is 2.15 bits per heavy atom. The highest BCUT2D eigenvalue weighted by Gasteiger charge is 2.26. The van der Waals surface area contributed by atoms with Gasteiger partial charge < -0.3 is 10.0 Å². The van der Waals surface area contributed by atoms with E-state index in [4.69, 9.17) is 5.11 Å². The molecule has 2 rings (SSSR count). The van der Waals surface area contributed by atoms with Crippen LogP contribution in [0, 0.1) is 12.8 Å². The van der Waals surface area contributed by atoms with Crippen LogP contribution in [0.4, 0.5) is 0 Å². The molecule has 1 N–H and O–H groups in total. The number of benzene rings is 1. The van der Waals surface area contributed by atoms with Crippen LogP contribution >= 0.6 is 0 Å². The standard InChI is InChI=1S/C16H19NO3/c1-12-3-2-4-13(9-12)7-8-15(18)17(11-16(19)20)10-14-5-6-14/h2-4,7-9,14H,5-6,10-11H2,1H3,(H,19,20)/b8-7+. The minimum Gasteiger partial charge on any atom is -0.480 e. The van der Waals surface area contributed by atoms with Gasteiger partial charge in [0.15, 0.2) is 0 Å². The molecule has 0 bridgehead atoms. The van der Waals surface area contributed by atoms with Crippen molar-refractivity contribution in [3.63, 3.8) is 0 Å². The lowest BCUT2D eigenvalue weighted by molar-refractivity contribution is -0.142. The Hall–Kier alpha value is -2.10. The quantitative estimate of drug-likeness (QED) is 0.809. The molecule has 20 heavy (non-hydrogen) atoms. The lowest BCUT2D eigenvalue weighted by Crippen LogP contribution is -2.36. The van der Waals surface area contributed by atoms with Crippen molar-refractivity contribution in [2.45, 2.75) is 19.8 Å². The van der Waals surface area contributed by atoms with E-state index in [1.165, 1.54) is 11.0 Å². The van der Waals surface area contributed by atoms with Crippen molar-refractivity contribution in [2.24, 2.45) is 5.92 Å². The van der Waals surface area contributed by atoms with E-state index >= 15 is 0 Å². The van der Waals surface area contributed by atoms with Crippen molar-refractivity contribution in [1.29, 1.82) is 0 Å². The fourth-order valence-electron chi connectivity index (χ4n) is 2.05. The van der Waals surface area contributed by atoms with Crippen molar-refractivity contribution in [2.75, 3.05) is 13.1 Å². The molecule has 0 atom stereocenters. The Morgan fingerprint density at radius 1 is 1.40 bits per heavy atom. The first kappa shape index (κ1) is 14.3. The molecule has 1 saturated carbocycles. The zero-order valence-electron chi connectivity index (χ0n) is 11.6. The lowest BCUT2D eigenvalue weighted by atomic mass is 10.1. The Labute approximate surface area is 118 Å². The van der Waals surface area contributed by atoms with Crippen LogP contribution in [-0.4, -0.2) is 35.0 Å². The van der Waals surface area contributed by atoms with Gasteiger partial charge in [-0.2, -0.15) is 0 Å². The number of carboxylic acid groups (broad SMARTS) is 1. The van der Waals surface area contributed by atoms with Gasteiger partial charge in [0.25, 0.3) is 0 Å². The number of carbonyl (C=O) groups excluding carboxylic acids is 1. The van der Waals surface area contributed by atoms with Gasteiger partial charge in [-0.3, -0.25) is 9.59 Å². The number of aliphatic carboxylic acids is 1. The predicted molar refractivity (Wildman–Crippen MR) is 77.2 cm³/mol. The van der Waals surface area contributed by atoms with Gasteiger partial charge in [0.05, 0.1) is 0 Å². The van der Waals surface area contributed by atoms with E-state index in [1.54, 1.807) is 6.08 Å². The van der Waals surface area contributed by atoms with E-state index in [9.17, 15) is 9.59 Å². The molecule has 0 saturated heterocycles. The molecular weight excluding hydrogens is 254 g/mol. The van der Waals surface area contributed by atoms with E-state index in [-0.39, 0.29) is 12.5 Å². The highest BCUT2D eigenvalue weighted by Crippen LogP contribution is 2.29. The maximum Gasteiger partial charge on any atom is 0.323 e. The number of hydrogen-bond acceptors (Lipinski definition) is 2. The molecule has 1 aliphatic carbocycles. The number of rotatable bonds is 6. The van der Waals surface area contributed by atoms with Crippen LogP contribution < -0.4 is 0 Å². The van der Waals surface area contributed by atoms with Crippen molar-refractivity contribution in [3.05, 3.63) is 41.5 Å². The summed E-state index contributed by atoms with van der Waals surface area (Å²) in [5.41, 5.74) is 2.07. The van der Waals surface area contributed by atoms with Crippen LogP contribution in [-0.2, 0) is 9.59 Å². The Morgan fingerprint density at radius 3 is 2.75 bits per heavy atom. The predicted octanol–water partition coefficient (Wildman–Crippen LogP) is 2.33. The fourth-order valence-corrected chi connectivity index (χ4v) is 2.05. The summed E-state index contributed by atoms with van der Waals surface area (Å²) in [6.07, 6.45) is 5.37. The van der Waals surface area contributed by atoms with Crippen LogP contribution in [0.15, 0.2) is 30.3 Å². The molecule has 4 nitrogen and oxygen atoms in total. The molecule has 1 aromatic rings. The first-order chi connectivity index (χ1) is 9.54. The zero-order valence-corrected chi connectivity index (χ0v) is 11.6. The summed E-state index contributed by atoms with van der Waals surface area (Å²) >= 11 is 0. The molecule has 1 amide bonds. The summed E-state index contributed by atoms with van der Waals surface area (Å²) in [7, 11) is 0. The van der Waals surface area contributed by atoms with E-state index in [0.717, 1.165) is 24.0 Å². The van der Waals surface area contributed by atoms with E-state index in [0.29, 0.717) is 12.5 Å². The van der Waals surface area contributed by atoms with Gasteiger partial charge >= 0.3 is 5.97 Å². The SMILES string of the molecule is Cc1cccc(/C=C/C(=O)N(CC(=O)O)CC2CC2)c1. The normalized spacial score (nSPS) is 14.4. The molecule has 0 unspecified atom stereocenters. The molecule has 0 spiro atoms. The number of hydrogen-bond donors (Lipinski definition) is 1. The van der Waals surface area contributed by atoms with Crippen molar-refractivity contribution in [1.82, 2.24) is 4.90 Å². The Bertz CT molecular complexity index is 532. The summed E-state index contributed by atoms with van der Waals surface area (Å²) in [6, 6.07) is 7.81. The zero-order chi connectivity index (χ0) is 14.5. The van der Waals surface area contributed by atoms with Crippen molar-refractivity contribution >= 4 is 18.0 Å². The molecule has 0 radical (unpaired) electrons. The average molecular weight is 273 g/mol. The summed E-state index contributed by atoms with van der Waals surface area (Å²) in [6.45, 7) is 2.31. The number of aryl methyl sites for hydroxylation is 1. The number of carbonyl (C=O) groups is 2. The van der Waals surface area contributed by atoms with Crippen LogP contribution in [0.3, 0.4) is 0 Å². The van der Waals surface area contributed by atoms with Crippen molar-refractivity contribution in [3.8, 4) is 0 Å². The van der Waals surface area contributed by atoms with Crippen LogP contribution in [0.1, 0.15) is 24.0 Å². The van der Waals surface area contributed by atoms with Gasteiger partial charge in [-0.1, -0.05) is 29.8 Å². The molecule has 0 heterocycles. The average Bonchev–Trinajstić information content (AvgIpc) is 3.19. The van der Waals surface area contributed by atoms with Crippen molar-refractivity contribution < 1.29 is 14.7 Å².